The average Bonchev–Trinajstić information content (AvgIpc) is 3.28. The second-order valence-electron chi connectivity index (χ2n) is 7.97. The fourth-order valence-electron chi connectivity index (χ4n) is 4.15. The number of benzene rings is 2. The Bertz CT molecular complexity index is 1250. The van der Waals surface area contributed by atoms with Crippen LogP contribution in [-0.2, 0) is 0 Å². The van der Waals surface area contributed by atoms with Gasteiger partial charge in [0.05, 0.1) is 12.5 Å². The molecule has 0 saturated carbocycles. The number of ether oxygens (including phenoxy) is 1. The second-order valence-corrected chi connectivity index (χ2v) is 9.17. The monoisotopic (exact) mass is 476 g/mol. The second kappa shape index (κ2) is 9.91. The predicted molar refractivity (Wildman–Crippen MR) is 139 cm³/mol. The number of aromatic nitrogens is 2. The van der Waals surface area contributed by atoms with Crippen LogP contribution in [0.3, 0.4) is 0 Å². The first-order valence-corrected chi connectivity index (χ1v) is 12.2. The highest BCUT2D eigenvalue weighted by Crippen LogP contribution is 2.39. The molecule has 0 aliphatic carbocycles. The number of rotatable bonds is 6. The van der Waals surface area contributed by atoms with Crippen molar-refractivity contribution < 1.29 is 4.74 Å². The van der Waals surface area contributed by atoms with Crippen LogP contribution in [0.4, 0.5) is 5.82 Å². The van der Waals surface area contributed by atoms with Crippen molar-refractivity contribution in [2.45, 2.75) is 0 Å². The van der Waals surface area contributed by atoms with Gasteiger partial charge in [-0.2, -0.15) is 4.98 Å². The molecule has 5 rings (SSSR count). The van der Waals surface area contributed by atoms with Gasteiger partial charge < -0.3 is 9.64 Å². The van der Waals surface area contributed by atoms with E-state index in [0.717, 1.165) is 65.6 Å². The summed E-state index contributed by atoms with van der Waals surface area (Å²) in [7, 11) is 1.68. The summed E-state index contributed by atoms with van der Waals surface area (Å²) < 4.78 is 5.31. The van der Waals surface area contributed by atoms with Crippen LogP contribution in [0.15, 0.2) is 66.1 Å². The zero-order chi connectivity index (χ0) is 22.6. The van der Waals surface area contributed by atoms with Gasteiger partial charge in [-0.3, -0.25) is 4.90 Å². The molecule has 5 nitrogen and oxygen atoms in total. The molecular formula is C26H25ClN4OS. The van der Waals surface area contributed by atoms with Crippen LogP contribution in [-0.4, -0.2) is 54.7 Å². The molecule has 0 atom stereocenters. The molecule has 1 fully saturated rings. The Kier molecular flexibility index (Phi) is 6.58. The third-order valence-electron chi connectivity index (χ3n) is 5.93. The number of hydrogen-bond donors (Lipinski definition) is 0. The number of nitrogens with zero attached hydrogens (tertiary/aromatic N) is 4. The Morgan fingerprint density at radius 3 is 2.48 bits per heavy atom. The Hall–Kier alpha value is -2.93. The van der Waals surface area contributed by atoms with Gasteiger partial charge >= 0.3 is 0 Å². The molecule has 1 aliphatic heterocycles. The van der Waals surface area contributed by atoms with Crippen molar-refractivity contribution in [1.82, 2.24) is 14.9 Å². The molecule has 33 heavy (non-hydrogen) atoms. The van der Waals surface area contributed by atoms with Gasteiger partial charge in [-0.1, -0.05) is 54.6 Å². The van der Waals surface area contributed by atoms with Gasteiger partial charge in [0.25, 0.3) is 0 Å². The molecule has 4 aromatic rings. The van der Waals surface area contributed by atoms with E-state index in [4.69, 9.17) is 16.3 Å². The topological polar surface area (TPSA) is 41.5 Å². The third-order valence-corrected chi connectivity index (χ3v) is 6.97. The van der Waals surface area contributed by atoms with Gasteiger partial charge in [0.1, 0.15) is 16.4 Å². The van der Waals surface area contributed by atoms with Crippen LogP contribution in [0, 0.1) is 0 Å². The summed E-state index contributed by atoms with van der Waals surface area (Å²) in [6.07, 6.45) is 4.43. The molecule has 168 valence electrons. The predicted octanol–water partition coefficient (Wildman–Crippen LogP) is 5.86. The quantitative estimate of drug-likeness (QED) is 0.326. The molecule has 1 aliphatic rings. The van der Waals surface area contributed by atoms with Crippen LogP contribution in [0.2, 0.25) is 5.28 Å². The number of methoxy groups -OCH3 is 1. The van der Waals surface area contributed by atoms with E-state index in [0.29, 0.717) is 5.28 Å². The molecule has 3 heterocycles. The fourth-order valence-corrected chi connectivity index (χ4v) is 5.31. The van der Waals surface area contributed by atoms with Gasteiger partial charge in [-0.15, -0.1) is 11.3 Å². The van der Waals surface area contributed by atoms with E-state index < -0.39 is 0 Å². The molecule has 0 amide bonds. The molecule has 0 unspecified atom stereocenters. The van der Waals surface area contributed by atoms with E-state index in [1.165, 1.54) is 5.56 Å². The van der Waals surface area contributed by atoms with Crippen molar-refractivity contribution in [3.8, 4) is 16.9 Å². The van der Waals surface area contributed by atoms with Crippen molar-refractivity contribution >= 4 is 45.0 Å². The molecule has 2 aromatic carbocycles. The lowest BCUT2D eigenvalue weighted by atomic mass is 10.1. The van der Waals surface area contributed by atoms with E-state index >= 15 is 0 Å². The largest absolute Gasteiger partial charge is 0.497 e. The number of anilines is 1. The van der Waals surface area contributed by atoms with E-state index in [2.05, 4.69) is 73.7 Å². The maximum atomic E-state index is 6.32. The van der Waals surface area contributed by atoms with E-state index in [-0.39, 0.29) is 0 Å². The summed E-state index contributed by atoms with van der Waals surface area (Å²) >= 11 is 7.92. The maximum Gasteiger partial charge on any atom is 0.225 e. The average molecular weight is 477 g/mol. The molecule has 0 spiro atoms. The molecule has 0 N–H and O–H groups in total. The SMILES string of the molecule is COc1ccc(-c2csc3nc(Cl)nc(N4CCN(C/C=C/c5ccccc5)CC4)c23)cc1. The van der Waals surface area contributed by atoms with E-state index in [9.17, 15) is 0 Å². The first-order chi connectivity index (χ1) is 16.2. The lowest BCUT2D eigenvalue weighted by Crippen LogP contribution is -2.46. The summed E-state index contributed by atoms with van der Waals surface area (Å²) in [6.45, 7) is 4.70. The Labute approximate surface area is 202 Å². The number of fused-ring (bicyclic) bond motifs is 1. The molecule has 7 heteroatoms. The van der Waals surface area contributed by atoms with E-state index in [1.54, 1.807) is 18.4 Å². The van der Waals surface area contributed by atoms with Crippen LogP contribution < -0.4 is 9.64 Å². The maximum absolute atomic E-state index is 6.32. The number of halogens is 1. The Balaban J connectivity index is 1.34. The minimum atomic E-state index is 0.300. The van der Waals surface area contributed by atoms with Crippen LogP contribution in [0.1, 0.15) is 5.56 Å². The van der Waals surface area contributed by atoms with Crippen molar-refractivity contribution in [3.63, 3.8) is 0 Å². The minimum Gasteiger partial charge on any atom is -0.497 e. The number of thiophene rings is 1. The zero-order valence-electron chi connectivity index (χ0n) is 18.4. The van der Waals surface area contributed by atoms with Gasteiger partial charge in [0.2, 0.25) is 5.28 Å². The number of hydrogen-bond acceptors (Lipinski definition) is 6. The van der Waals surface area contributed by atoms with Gasteiger partial charge in [0.15, 0.2) is 0 Å². The molecule has 2 aromatic heterocycles. The molecule has 1 saturated heterocycles. The summed E-state index contributed by atoms with van der Waals surface area (Å²) in [5.74, 6) is 1.77. The molecule has 0 bridgehead atoms. The smallest absolute Gasteiger partial charge is 0.225 e. The first-order valence-electron chi connectivity index (χ1n) is 11.0. The third kappa shape index (κ3) is 4.88. The highest BCUT2D eigenvalue weighted by molar-refractivity contribution is 7.17. The summed E-state index contributed by atoms with van der Waals surface area (Å²) in [6, 6.07) is 18.5. The fraction of sp³-hybridized carbons (Fsp3) is 0.231. The standard InChI is InChI=1S/C26H25ClN4OS/c1-32-21-11-9-20(10-12-21)22-18-33-25-23(22)24(28-26(27)29-25)31-16-14-30(15-17-31)13-5-8-19-6-3-2-4-7-19/h2-12,18H,13-17H2,1H3/b8-5+. The molecular weight excluding hydrogens is 452 g/mol. The van der Waals surface area contributed by atoms with Crippen molar-refractivity contribution in [2.75, 3.05) is 44.7 Å². The Morgan fingerprint density at radius 2 is 1.76 bits per heavy atom. The highest BCUT2D eigenvalue weighted by Gasteiger charge is 2.23. The lowest BCUT2D eigenvalue weighted by molar-refractivity contribution is 0.284. The zero-order valence-corrected chi connectivity index (χ0v) is 20.0. The summed E-state index contributed by atoms with van der Waals surface area (Å²) in [5.41, 5.74) is 3.49. The van der Waals surface area contributed by atoms with Gasteiger partial charge in [0, 0.05) is 43.7 Å². The van der Waals surface area contributed by atoms with E-state index in [1.807, 2.05) is 18.2 Å². The summed E-state index contributed by atoms with van der Waals surface area (Å²) in [5, 5.41) is 3.52. The first kappa shape index (κ1) is 21.9. The van der Waals surface area contributed by atoms with Gasteiger partial charge in [-0.05, 0) is 34.9 Å². The Morgan fingerprint density at radius 1 is 1.00 bits per heavy atom. The van der Waals surface area contributed by atoms with Crippen molar-refractivity contribution in [2.24, 2.45) is 0 Å². The minimum absolute atomic E-state index is 0.300. The summed E-state index contributed by atoms with van der Waals surface area (Å²) in [4.78, 5) is 14.9. The molecule has 0 radical (unpaired) electrons. The van der Waals surface area contributed by atoms with Gasteiger partial charge in [-0.25, -0.2) is 4.98 Å². The normalized spacial score (nSPS) is 14.9. The van der Waals surface area contributed by atoms with Crippen molar-refractivity contribution in [3.05, 3.63) is 76.9 Å². The van der Waals surface area contributed by atoms with Crippen molar-refractivity contribution in [1.29, 1.82) is 0 Å². The number of piperazine rings is 1. The lowest BCUT2D eigenvalue weighted by Gasteiger charge is -2.35. The van der Waals surface area contributed by atoms with Crippen LogP contribution in [0.25, 0.3) is 27.4 Å². The highest BCUT2D eigenvalue weighted by atomic mass is 35.5. The van der Waals surface area contributed by atoms with Crippen LogP contribution >= 0.6 is 22.9 Å². The van der Waals surface area contributed by atoms with Crippen LogP contribution in [0.5, 0.6) is 5.75 Å².